The number of amides is 1. The third kappa shape index (κ3) is 3.86. The van der Waals surface area contributed by atoms with Gasteiger partial charge in [0.25, 0.3) is 5.56 Å². The molecule has 0 unspecified atom stereocenters. The van der Waals surface area contributed by atoms with Crippen LogP contribution in [0, 0.1) is 0 Å². The van der Waals surface area contributed by atoms with Crippen molar-refractivity contribution < 1.29 is 9.53 Å². The van der Waals surface area contributed by atoms with Gasteiger partial charge in [0, 0.05) is 25.6 Å². The number of carbonyl (C=O) groups excluding carboxylic acids is 1. The minimum Gasteiger partial charge on any atom is -0.492 e. The summed E-state index contributed by atoms with van der Waals surface area (Å²) in [6.07, 6.45) is 1.46. The Morgan fingerprint density at radius 2 is 1.89 bits per heavy atom. The number of ether oxygens (including phenoxy) is 1. The second-order valence-corrected chi connectivity index (χ2v) is 7.29. The summed E-state index contributed by atoms with van der Waals surface area (Å²) in [7, 11) is 4.79. The van der Waals surface area contributed by atoms with Gasteiger partial charge >= 0.3 is 5.69 Å². The Hall–Kier alpha value is -2.88. The maximum atomic E-state index is 12.7. The lowest BCUT2D eigenvalue weighted by Gasteiger charge is -2.18. The summed E-state index contributed by atoms with van der Waals surface area (Å²) >= 11 is 3.35. The van der Waals surface area contributed by atoms with E-state index in [1.165, 1.54) is 27.4 Å². The van der Waals surface area contributed by atoms with Gasteiger partial charge < -0.3 is 14.2 Å². The predicted molar refractivity (Wildman–Crippen MR) is 107 cm³/mol. The van der Waals surface area contributed by atoms with Crippen molar-refractivity contribution in [1.82, 2.24) is 23.6 Å². The molecule has 0 saturated heterocycles. The molecule has 2 aromatic heterocycles. The highest BCUT2D eigenvalue weighted by Crippen LogP contribution is 2.15. The Kier molecular flexibility index (Phi) is 5.68. The average molecular weight is 450 g/mol. The molecule has 0 spiro atoms. The van der Waals surface area contributed by atoms with Crippen molar-refractivity contribution in [2.45, 2.75) is 6.54 Å². The van der Waals surface area contributed by atoms with Crippen molar-refractivity contribution >= 4 is 33.0 Å². The molecule has 0 aliphatic heterocycles. The Morgan fingerprint density at radius 1 is 1.21 bits per heavy atom. The molecule has 148 valence electrons. The molecule has 0 N–H and O–H groups in total. The maximum absolute atomic E-state index is 12.7. The zero-order valence-electron chi connectivity index (χ0n) is 15.8. The van der Waals surface area contributed by atoms with Crippen LogP contribution in [-0.2, 0) is 25.4 Å². The van der Waals surface area contributed by atoms with Crippen LogP contribution in [0.5, 0.6) is 5.75 Å². The highest BCUT2D eigenvalue weighted by Gasteiger charge is 2.18. The molecule has 0 saturated carbocycles. The molecule has 28 heavy (non-hydrogen) atoms. The van der Waals surface area contributed by atoms with Gasteiger partial charge in [-0.05, 0) is 24.3 Å². The lowest BCUT2D eigenvalue weighted by atomic mass is 10.3. The van der Waals surface area contributed by atoms with Gasteiger partial charge in [0.2, 0.25) is 5.91 Å². The van der Waals surface area contributed by atoms with Crippen LogP contribution < -0.4 is 16.0 Å². The molecule has 9 nitrogen and oxygen atoms in total. The van der Waals surface area contributed by atoms with Crippen molar-refractivity contribution in [2.75, 3.05) is 20.2 Å². The number of rotatable bonds is 6. The molecular formula is C18H20BrN5O4. The Morgan fingerprint density at radius 3 is 2.57 bits per heavy atom. The van der Waals surface area contributed by atoms with Crippen LogP contribution in [0.15, 0.2) is 44.7 Å². The van der Waals surface area contributed by atoms with Crippen molar-refractivity contribution in [3.63, 3.8) is 0 Å². The van der Waals surface area contributed by atoms with E-state index in [1.807, 2.05) is 24.3 Å². The summed E-state index contributed by atoms with van der Waals surface area (Å²) in [4.78, 5) is 43.1. The zero-order valence-corrected chi connectivity index (χ0v) is 17.3. The van der Waals surface area contributed by atoms with Crippen LogP contribution in [0.4, 0.5) is 0 Å². The minimum absolute atomic E-state index is 0.274. The van der Waals surface area contributed by atoms with E-state index in [2.05, 4.69) is 20.9 Å². The fourth-order valence-electron chi connectivity index (χ4n) is 2.75. The molecule has 1 amide bonds. The number of halogens is 1. The number of carbonyl (C=O) groups is 1. The second-order valence-electron chi connectivity index (χ2n) is 6.38. The van der Waals surface area contributed by atoms with Crippen molar-refractivity contribution in [2.24, 2.45) is 14.1 Å². The first kappa shape index (κ1) is 19.9. The van der Waals surface area contributed by atoms with Gasteiger partial charge in [-0.3, -0.25) is 14.2 Å². The van der Waals surface area contributed by atoms with Crippen LogP contribution in [-0.4, -0.2) is 49.7 Å². The molecule has 0 aliphatic rings. The molecule has 0 atom stereocenters. The van der Waals surface area contributed by atoms with Crippen LogP contribution in [0.3, 0.4) is 0 Å². The smallest absolute Gasteiger partial charge is 0.332 e. The standard InChI is InChI=1S/C18H20BrN5O4/c1-21(8-9-28-13-6-4-12(19)5-7-13)14(25)10-24-17(26)15-16(20-11-22(15)2)23(3)18(24)27/h4-7,11H,8-10H2,1-3H3. The van der Waals surface area contributed by atoms with Crippen LogP contribution in [0.2, 0.25) is 0 Å². The van der Waals surface area contributed by atoms with Crippen LogP contribution in [0.1, 0.15) is 0 Å². The Bertz CT molecular complexity index is 1130. The summed E-state index contributed by atoms with van der Waals surface area (Å²) in [5, 5.41) is 0. The summed E-state index contributed by atoms with van der Waals surface area (Å²) in [6.45, 7) is 0.261. The fraction of sp³-hybridized carbons (Fsp3) is 0.333. The lowest BCUT2D eigenvalue weighted by molar-refractivity contribution is -0.131. The largest absolute Gasteiger partial charge is 0.492 e. The molecule has 0 bridgehead atoms. The van der Waals surface area contributed by atoms with Gasteiger partial charge in [0.1, 0.15) is 18.9 Å². The first-order chi connectivity index (χ1) is 13.3. The molecule has 0 fully saturated rings. The normalized spacial score (nSPS) is 11.0. The molecule has 2 heterocycles. The number of benzene rings is 1. The zero-order chi connectivity index (χ0) is 20.4. The topological polar surface area (TPSA) is 91.4 Å². The highest BCUT2D eigenvalue weighted by atomic mass is 79.9. The fourth-order valence-corrected chi connectivity index (χ4v) is 3.01. The number of likely N-dealkylation sites (N-methyl/N-ethyl adjacent to an activating group) is 1. The highest BCUT2D eigenvalue weighted by molar-refractivity contribution is 9.10. The average Bonchev–Trinajstić information content (AvgIpc) is 3.06. The van der Waals surface area contributed by atoms with E-state index in [0.29, 0.717) is 12.3 Å². The van der Waals surface area contributed by atoms with E-state index in [0.717, 1.165) is 9.04 Å². The lowest BCUT2D eigenvalue weighted by Crippen LogP contribution is -2.44. The molecule has 1 aromatic carbocycles. The van der Waals surface area contributed by atoms with Gasteiger partial charge in [-0.25, -0.2) is 14.3 Å². The number of aryl methyl sites for hydroxylation is 2. The number of hydrogen-bond donors (Lipinski definition) is 0. The molecule has 10 heteroatoms. The number of hydrogen-bond acceptors (Lipinski definition) is 5. The van der Waals surface area contributed by atoms with E-state index in [9.17, 15) is 14.4 Å². The summed E-state index contributed by atoms with van der Waals surface area (Å²) in [6, 6.07) is 7.36. The molecule has 0 radical (unpaired) electrons. The summed E-state index contributed by atoms with van der Waals surface area (Å²) < 4.78 is 10.3. The molecular weight excluding hydrogens is 430 g/mol. The van der Waals surface area contributed by atoms with Crippen LogP contribution >= 0.6 is 15.9 Å². The van der Waals surface area contributed by atoms with E-state index in [-0.39, 0.29) is 30.2 Å². The van der Waals surface area contributed by atoms with Gasteiger partial charge in [0.15, 0.2) is 11.2 Å². The number of aromatic nitrogens is 4. The minimum atomic E-state index is -0.580. The Balaban J connectivity index is 1.70. The molecule has 0 aliphatic carbocycles. The predicted octanol–water partition coefficient (Wildman–Crippen LogP) is 0.734. The SMILES string of the molecule is CN(CCOc1ccc(Br)cc1)C(=O)Cn1c(=O)c2c(ncn2C)n(C)c1=O. The van der Waals surface area contributed by atoms with E-state index < -0.39 is 11.2 Å². The maximum Gasteiger partial charge on any atom is 0.332 e. The summed E-state index contributed by atoms with van der Waals surface area (Å²) in [5.41, 5.74) is -0.552. The molecule has 3 rings (SSSR count). The van der Waals surface area contributed by atoms with E-state index in [1.54, 1.807) is 14.1 Å². The van der Waals surface area contributed by atoms with Crippen molar-refractivity contribution in [3.05, 3.63) is 55.9 Å². The first-order valence-electron chi connectivity index (χ1n) is 8.52. The Labute approximate surface area is 168 Å². The van der Waals surface area contributed by atoms with Gasteiger partial charge in [-0.2, -0.15) is 0 Å². The number of imidazole rings is 1. The van der Waals surface area contributed by atoms with Crippen molar-refractivity contribution in [3.8, 4) is 5.75 Å². The van der Waals surface area contributed by atoms with E-state index in [4.69, 9.17) is 4.74 Å². The third-order valence-electron chi connectivity index (χ3n) is 4.43. The van der Waals surface area contributed by atoms with Gasteiger partial charge in [-0.1, -0.05) is 15.9 Å². The number of nitrogens with zero attached hydrogens (tertiary/aromatic N) is 5. The van der Waals surface area contributed by atoms with Gasteiger partial charge in [0.05, 0.1) is 12.9 Å². The van der Waals surface area contributed by atoms with Gasteiger partial charge in [-0.15, -0.1) is 0 Å². The van der Waals surface area contributed by atoms with Crippen LogP contribution in [0.25, 0.3) is 11.2 Å². The third-order valence-corrected chi connectivity index (χ3v) is 4.96. The monoisotopic (exact) mass is 449 g/mol. The van der Waals surface area contributed by atoms with E-state index >= 15 is 0 Å². The molecule has 3 aromatic rings. The van der Waals surface area contributed by atoms with Crippen molar-refractivity contribution in [1.29, 1.82) is 0 Å². The summed E-state index contributed by atoms with van der Waals surface area (Å²) in [5.74, 6) is 0.330. The quantitative estimate of drug-likeness (QED) is 0.553. The number of fused-ring (bicyclic) bond motifs is 1. The first-order valence-corrected chi connectivity index (χ1v) is 9.32. The second kappa shape index (κ2) is 8.01.